The molecule has 0 radical (unpaired) electrons. The van der Waals surface area contributed by atoms with Gasteiger partial charge in [0.15, 0.2) is 23.3 Å². The molecular weight excluding hydrogens is 447 g/mol. The number of ether oxygens (including phenoxy) is 1. The summed E-state index contributed by atoms with van der Waals surface area (Å²) in [5, 5.41) is 8.57. The number of hydrogen-bond donors (Lipinski definition) is 1. The molecule has 0 fully saturated rings. The SMILES string of the molecule is CC(C)(C)C1(OC(=O)CCCCCCCCCCCCC(=O)O)C(F)=C(F)C(F)=C(F)C1F. The molecule has 9 heteroatoms. The summed E-state index contributed by atoms with van der Waals surface area (Å²) in [6.07, 6.45) is 5.52. The zero-order valence-corrected chi connectivity index (χ0v) is 19.6. The maximum Gasteiger partial charge on any atom is 0.306 e. The van der Waals surface area contributed by atoms with Gasteiger partial charge in [-0.1, -0.05) is 72.1 Å². The third-order valence-electron chi connectivity index (χ3n) is 5.91. The summed E-state index contributed by atoms with van der Waals surface area (Å²) in [6.45, 7) is 3.76. The van der Waals surface area contributed by atoms with Crippen molar-refractivity contribution in [2.24, 2.45) is 5.41 Å². The molecule has 0 aromatic rings. The third-order valence-corrected chi connectivity index (χ3v) is 5.91. The van der Waals surface area contributed by atoms with Gasteiger partial charge in [0.2, 0.25) is 11.8 Å². The first kappa shape index (κ1) is 29.1. The van der Waals surface area contributed by atoms with E-state index in [2.05, 4.69) is 0 Å². The van der Waals surface area contributed by atoms with Crippen LogP contribution in [0.15, 0.2) is 23.3 Å². The van der Waals surface area contributed by atoms with Crippen LogP contribution < -0.4 is 0 Å². The minimum atomic E-state index is -3.00. The molecule has 2 atom stereocenters. The summed E-state index contributed by atoms with van der Waals surface area (Å²) in [4.78, 5) is 22.7. The van der Waals surface area contributed by atoms with E-state index in [1.165, 1.54) is 20.8 Å². The Hall–Kier alpha value is -1.93. The van der Waals surface area contributed by atoms with E-state index in [0.717, 1.165) is 44.9 Å². The number of esters is 1. The quantitative estimate of drug-likeness (QED) is 0.156. The number of alkyl halides is 1. The fourth-order valence-electron chi connectivity index (χ4n) is 3.91. The highest BCUT2D eigenvalue weighted by Gasteiger charge is 2.62. The highest BCUT2D eigenvalue weighted by molar-refractivity contribution is 5.71. The Morgan fingerprint density at radius 2 is 1.24 bits per heavy atom. The molecular formula is C24H35F5O4. The van der Waals surface area contributed by atoms with Crippen LogP contribution in [0, 0.1) is 5.41 Å². The van der Waals surface area contributed by atoms with Gasteiger partial charge in [0.05, 0.1) is 0 Å². The number of carboxylic acid groups (broad SMARTS) is 1. The summed E-state index contributed by atoms with van der Waals surface area (Å²) in [5.41, 5.74) is -4.51. The zero-order chi connectivity index (χ0) is 25.2. The summed E-state index contributed by atoms with van der Waals surface area (Å²) >= 11 is 0. The van der Waals surface area contributed by atoms with Crippen molar-refractivity contribution < 1.29 is 41.4 Å². The minimum absolute atomic E-state index is 0.184. The van der Waals surface area contributed by atoms with E-state index in [1.54, 1.807) is 0 Å². The van der Waals surface area contributed by atoms with Gasteiger partial charge in [-0.25, -0.2) is 22.0 Å². The molecule has 0 saturated carbocycles. The van der Waals surface area contributed by atoms with E-state index in [0.29, 0.717) is 19.3 Å². The van der Waals surface area contributed by atoms with Crippen molar-refractivity contribution in [1.29, 1.82) is 0 Å². The van der Waals surface area contributed by atoms with Gasteiger partial charge >= 0.3 is 11.9 Å². The molecule has 0 heterocycles. The van der Waals surface area contributed by atoms with Crippen LogP contribution in [0.25, 0.3) is 0 Å². The lowest BCUT2D eigenvalue weighted by atomic mass is 9.70. The molecule has 33 heavy (non-hydrogen) atoms. The van der Waals surface area contributed by atoms with Crippen molar-refractivity contribution in [2.45, 2.75) is 110 Å². The Morgan fingerprint density at radius 1 is 0.818 bits per heavy atom. The molecule has 0 amide bonds. The summed E-state index contributed by atoms with van der Waals surface area (Å²) in [7, 11) is 0. The van der Waals surface area contributed by atoms with Crippen LogP contribution in [0.1, 0.15) is 97.8 Å². The first-order chi connectivity index (χ1) is 15.4. The second kappa shape index (κ2) is 13.1. The monoisotopic (exact) mass is 482 g/mol. The van der Waals surface area contributed by atoms with Crippen molar-refractivity contribution in [3.63, 3.8) is 0 Å². The van der Waals surface area contributed by atoms with Gasteiger partial charge in [-0.05, 0) is 12.8 Å². The Kier molecular flexibility index (Phi) is 11.5. The fraction of sp³-hybridized carbons (Fsp3) is 0.750. The lowest BCUT2D eigenvalue weighted by Crippen LogP contribution is -2.56. The van der Waals surface area contributed by atoms with Gasteiger partial charge in [-0.2, -0.15) is 0 Å². The highest BCUT2D eigenvalue weighted by Crippen LogP contribution is 2.52. The molecule has 4 nitrogen and oxygen atoms in total. The number of carbonyl (C=O) groups is 2. The Morgan fingerprint density at radius 3 is 1.67 bits per heavy atom. The summed E-state index contributed by atoms with van der Waals surface area (Å²) in [5.74, 6) is -10.3. The number of rotatable bonds is 14. The molecule has 0 aliphatic heterocycles. The summed E-state index contributed by atoms with van der Waals surface area (Å²) < 4.78 is 75.6. The first-order valence-electron chi connectivity index (χ1n) is 11.5. The molecule has 0 bridgehead atoms. The van der Waals surface area contributed by atoms with E-state index in [9.17, 15) is 31.5 Å². The second-order valence-electron chi connectivity index (χ2n) is 9.54. The van der Waals surface area contributed by atoms with Crippen molar-refractivity contribution in [2.75, 3.05) is 0 Å². The number of aliphatic carboxylic acids is 1. The molecule has 1 aliphatic rings. The van der Waals surface area contributed by atoms with Crippen molar-refractivity contribution >= 4 is 11.9 Å². The Bertz CT molecular complexity index is 742. The highest BCUT2D eigenvalue weighted by atomic mass is 19.2. The van der Waals surface area contributed by atoms with Crippen LogP contribution in [-0.2, 0) is 14.3 Å². The predicted molar refractivity (Wildman–Crippen MR) is 115 cm³/mol. The molecule has 1 N–H and O–H groups in total. The Balaban J connectivity index is 2.42. The van der Waals surface area contributed by atoms with Crippen LogP contribution in [0.5, 0.6) is 0 Å². The summed E-state index contributed by atoms with van der Waals surface area (Å²) in [6, 6.07) is 0. The van der Waals surface area contributed by atoms with Crippen LogP contribution >= 0.6 is 0 Å². The zero-order valence-electron chi connectivity index (χ0n) is 19.6. The van der Waals surface area contributed by atoms with Gasteiger partial charge in [-0.15, -0.1) is 0 Å². The average molecular weight is 483 g/mol. The second-order valence-corrected chi connectivity index (χ2v) is 9.54. The molecule has 1 aliphatic carbocycles. The van der Waals surface area contributed by atoms with E-state index in [-0.39, 0.29) is 12.8 Å². The maximum absolute atomic E-state index is 14.7. The fourth-order valence-corrected chi connectivity index (χ4v) is 3.91. The number of carboxylic acids is 1. The normalized spacial score (nSPS) is 21.5. The van der Waals surface area contributed by atoms with Crippen molar-refractivity contribution in [3.8, 4) is 0 Å². The average Bonchev–Trinajstić information content (AvgIpc) is 2.73. The van der Waals surface area contributed by atoms with E-state index in [1.807, 2.05) is 0 Å². The van der Waals surface area contributed by atoms with Gasteiger partial charge in [-0.3, -0.25) is 9.59 Å². The molecule has 0 aromatic heterocycles. The number of unbranched alkanes of at least 4 members (excludes halogenated alkanes) is 9. The van der Waals surface area contributed by atoms with Crippen LogP contribution in [0.2, 0.25) is 0 Å². The van der Waals surface area contributed by atoms with E-state index >= 15 is 0 Å². The maximum atomic E-state index is 14.7. The largest absolute Gasteiger partial charge is 0.481 e. The smallest absolute Gasteiger partial charge is 0.306 e. The minimum Gasteiger partial charge on any atom is -0.481 e. The van der Waals surface area contributed by atoms with Gasteiger partial charge in [0.25, 0.3) is 0 Å². The lowest BCUT2D eigenvalue weighted by Gasteiger charge is -2.45. The molecule has 0 spiro atoms. The molecule has 2 unspecified atom stereocenters. The molecule has 190 valence electrons. The number of allylic oxidation sites excluding steroid dienone is 2. The molecule has 0 saturated heterocycles. The molecule has 1 rings (SSSR count). The first-order valence-corrected chi connectivity index (χ1v) is 11.5. The van der Waals surface area contributed by atoms with E-state index in [4.69, 9.17) is 9.84 Å². The predicted octanol–water partition coefficient (Wildman–Crippen LogP) is 7.73. The van der Waals surface area contributed by atoms with E-state index < -0.39 is 52.4 Å². The van der Waals surface area contributed by atoms with Crippen LogP contribution in [0.4, 0.5) is 22.0 Å². The van der Waals surface area contributed by atoms with Crippen LogP contribution in [0.3, 0.4) is 0 Å². The van der Waals surface area contributed by atoms with Crippen LogP contribution in [-0.4, -0.2) is 28.8 Å². The lowest BCUT2D eigenvalue weighted by molar-refractivity contribution is -0.181. The standard InChI is InChI=1S/C24H35F5O4/c1-23(2,3)24(21(28)19(26)18(25)20(27)22(24)29)33-17(32)15-13-11-9-7-5-4-6-8-10-12-14-16(30)31/h21H,4-15H2,1-3H3,(H,30,31). The molecule has 0 aromatic carbocycles. The topological polar surface area (TPSA) is 63.6 Å². The number of hydrogen-bond acceptors (Lipinski definition) is 3. The number of carbonyl (C=O) groups excluding carboxylic acids is 1. The van der Waals surface area contributed by atoms with Gasteiger partial charge < -0.3 is 9.84 Å². The van der Waals surface area contributed by atoms with Gasteiger partial charge in [0, 0.05) is 18.3 Å². The third kappa shape index (κ3) is 7.81. The number of halogens is 5. The van der Waals surface area contributed by atoms with Crippen molar-refractivity contribution in [1.82, 2.24) is 0 Å². The van der Waals surface area contributed by atoms with Crippen molar-refractivity contribution in [3.05, 3.63) is 23.3 Å². The van der Waals surface area contributed by atoms with Gasteiger partial charge in [0.1, 0.15) is 0 Å². The Labute approximate surface area is 192 Å².